The third kappa shape index (κ3) is 3.50. The first-order chi connectivity index (χ1) is 12.4. The summed E-state index contributed by atoms with van der Waals surface area (Å²) in [5, 5.41) is 14.2. The van der Waals surface area contributed by atoms with E-state index in [-0.39, 0.29) is 17.2 Å². The molecule has 132 valence electrons. The quantitative estimate of drug-likeness (QED) is 0.516. The number of fused-ring (bicyclic) bond motifs is 1. The number of hydrogen-bond donors (Lipinski definition) is 1. The van der Waals surface area contributed by atoms with Crippen molar-refractivity contribution in [1.82, 2.24) is 4.57 Å². The molecule has 0 bridgehead atoms. The minimum atomic E-state index is -0.795. The van der Waals surface area contributed by atoms with Crippen molar-refractivity contribution >= 4 is 44.1 Å². The van der Waals surface area contributed by atoms with Crippen LogP contribution in [0.2, 0.25) is 0 Å². The van der Waals surface area contributed by atoms with Crippen LogP contribution in [0, 0.1) is 10.1 Å². The zero-order valence-electron chi connectivity index (χ0n) is 13.7. The van der Waals surface area contributed by atoms with Gasteiger partial charge in [0, 0.05) is 33.7 Å². The van der Waals surface area contributed by atoms with E-state index in [0.29, 0.717) is 16.6 Å². The number of non-ortho nitro benzene ring substituents is 1. The number of aromatic nitrogens is 1. The Balaban J connectivity index is 1.98. The Hall–Kier alpha value is -3.00. The van der Waals surface area contributed by atoms with Crippen molar-refractivity contribution in [3.8, 4) is 0 Å². The molecule has 0 spiro atoms. The first-order valence-corrected chi connectivity index (χ1v) is 8.52. The number of nitrogens with zero attached hydrogens (tertiary/aromatic N) is 2. The number of hydrogen-bond acceptors (Lipinski definition) is 4. The van der Waals surface area contributed by atoms with Crippen molar-refractivity contribution in [3.05, 3.63) is 79.5 Å². The van der Waals surface area contributed by atoms with Gasteiger partial charge in [0.2, 0.25) is 5.91 Å². The summed E-state index contributed by atoms with van der Waals surface area (Å²) in [6.07, 6.45) is 0. The molecule has 0 fully saturated rings. The highest BCUT2D eigenvalue weighted by Crippen LogP contribution is 2.22. The average molecular weight is 416 g/mol. The zero-order valence-corrected chi connectivity index (χ0v) is 15.3. The van der Waals surface area contributed by atoms with Crippen LogP contribution in [-0.2, 0) is 4.79 Å². The van der Waals surface area contributed by atoms with Crippen LogP contribution in [0.25, 0.3) is 10.9 Å². The van der Waals surface area contributed by atoms with E-state index in [4.69, 9.17) is 0 Å². The first kappa shape index (κ1) is 17.8. The lowest BCUT2D eigenvalue weighted by Crippen LogP contribution is -2.31. The first-order valence-electron chi connectivity index (χ1n) is 7.73. The molecule has 0 aliphatic carbocycles. The molecule has 1 heterocycles. The van der Waals surface area contributed by atoms with Gasteiger partial charge in [0.15, 0.2) is 0 Å². The predicted octanol–water partition coefficient (Wildman–Crippen LogP) is 3.87. The molecule has 0 aliphatic rings. The molecule has 0 aliphatic heterocycles. The lowest BCUT2D eigenvalue weighted by Gasteiger charge is -2.17. The number of benzene rings is 2. The Morgan fingerprint density at radius 3 is 2.50 bits per heavy atom. The predicted molar refractivity (Wildman–Crippen MR) is 102 cm³/mol. The molecule has 8 heteroatoms. The fourth-order valence-corrected chi connectivity index (χ4v) is 2.93. The van der Waals surface area contributed by atoms with Crippen molar-refractivity contribution in [2.24, 2.45) is 0 Å². The third-order valence-corrected chi connectivity index (χ3v) is 4.53. The van der Waals surface area contributed by atoms with Crippen molar-refractivity contribution in [3.63, 3.8) is 0 Å². The lowest BCUT2D eigenvalue weighted by molar-refractivity contribution is -0.384. The Labute approximate surface area is 156 Å². The van der Waals surface area contributed by atoms with Crippen molar-refractivity contribution in [1.29, 1.82) is 0 Å². The van der Waals surface area contributed by atoms with Crippen LogP contribution in [0.4, 0.5) is 11.4 Å². The normalized spacial score (nSPS) is 11.9. The van der Waals surface area contributed by atoms with E-state index >= 15 is 0 Å². The fraction of sp³-hybridized carbons (Fsp3) is 0.111. The number of rotatable bonds is 4. The van der Waals surface area contributed by atoms with E-state index in [1.54, 1.807) is 31.2 Å². The van der Waals surface area contributed by atoms with Gasteiger partial charge in [0.1, 0.15) is 6.04 Å². The highest BCUT2D eigenvalue weighted by molar-refractivity contribution is 9.10. The average Bonchev–Trinajstić information content (AvgIpc) is 2.62. The van der Waals surface area contributed by atoms with E-state index in [2.05, 4.69) is 21.2 Å². The number of carbonyl (C=O) groups is 1. The van der Waals surface area contributed by atoms with Crippen LogP contribution in [0.15, 0.2) is 63.9 Å². The second kappa shape index (κ2) is 7.09. The standard InChI is InChI=1S/C18H14BrN3O4/c1-11(18(24)20-14-5-3-13(19)4-6-14)21-16-8-7-15(22(25)26)10-12(16)2-9-17(21)23/h2-11H,1H3,(H,20,24). The van der Waals surface area contributed by atoms with Gasteiger partial charge in [-0.1, -0.05) is 15.9 Å². The maximum absolute atomic E-state index is 12.6. The molecular formula is C18H14BrN3O4. The smallest absolute Gasteiger partial charge is 0.270 e. The van der Waals surface area contributed by atoms with E-state index in [9.17, 15) is 19.7 Å². The van der Waals surface area contributed by atoms with Crippen LogP contribution in [0.3, 0.4) is 0 Å². The minimum absolute atomic E-state index is 0.0744. The van der Waals surface area contributed by atoms with Gasteiger partial charge >= 0.3 is 0 Å². The summed E-state index contributed by atoms with van der Waals surface area (Å²) in [7, 11) is 0. The maximum atomic E-state index is 12.6. The molecule has 1 N–H and O–H groups in total. The SMILES string of the molecule is CC(C(=O)Nc1ccc(Br)cc1)n1c(=O)ccc2cc([N+](=O)[O-])ccc21. The second-order valence-electron chi connectivity index (χ2n) is 5.71. The van der Waals surface area contributed by atoms with E-state index in [1.807, 2.05) is 0 Å². The van der Waals surface area contributed by atoms with Gasteiger partial charge in [-0.2, -0.15) is 0 Å². The molecule has 1 unspecified atom stereocenters. The molecule has 1 amide bonds. The Bertz CT molecular complexity index is 1060. The van der Waals surface area contributed by atoms with Crippen molar-refractivity contribution < 1.29 is 9.72 Å². The molecule has 3 rings (SSSR count). The number of anilines is 1. The van der Waals surface area contributed by atoms with Gasteiger partial charge in [-0.25, -0.2) is 0 Å². The summed E-state index contributed by atoms with van der Waals surface area (Å²) >= 11 is 3.32. The molecule has 2 aromatic carbocycles. The highest BCUT2D eigenvalue weighted by atomic mass is 79.9. The second-order valence-corrected chi connectivity index (χ2v) is 6.63. The van der Waals surface area contributed by atoms with Crippen LogP contribution in [0.5, 0.6) is 0 Å². The fourth-order valence-electron chi connectivity index (χ4n) is 2.67. The van der Waals surface area contributed by atoms with Crippen LogP contribution < -0.4 is 10.9 Å². The summed E-state index contributed by atoms with van der Waals surface area (Å²) in [4.78, 5) is 35.3. The van der Waals surface area contributed by atoms with Crippen molar-refractivity contribution in [2.45, 2.75) is 13.0 Å². The Kier molecular flexibility index (Phi) is 4.85. The van der Waals surface area contributed by atoms with Gasteiger partial charge in [0.25, 0.3) is 11.2 Å². The zero-order chi connectivity index (χ0) is 18.8. The van der Waals surface area contributed by atoms with Crippen LogP contribution >= 0.6 is 15.9 Å². The topological polar surface area (TPSA) is 94.2 Å². The molecule has 1 atom stereocenters. The number of nitro groups is 1. The Morgan fingerprint density at radius 1 is 1.15 bits per heavy atom. The molecule has 1 aromatic heterocycles. The summed E-state index contributed by atoms with van der Waals surface area (Å²) in [6.45, 7) is 1.61. The monoisotopic (exact) mass is 415 g/mol. The lowest BCUT2D eigenvalue weighted by atomic mass is 10.1. The largest absolute Gasteiger partial charge is 0.324 e. The Morgan fingerprint density at radius 2 is 1.85 bits per heavy atom. The molecule has 0 radical (unpaired) electrons. The van der Waals surface area contributed by atoms with E-state index in [1.165, 1.54) is 34.9 Å². The summed E-state index contributed by atoms with van der Waals surface area (Å²) < 4.78 is 2.21. The number of amides is 1. The molecular weight excluding hydrogens is 402 g/mol. The van der Waals surface area contributed by atoms with Gasteiger partial charge in [-0.05, 0) is 43.3 Å². The molecule has 26 heavy (non-hydrogen) atoms. The summed E-state index contributed by atoms with van der Waals surface area (Å²) in [5.74, 6) is -0.361. The number of halogens is 1. The molecule has 0 saturated carbocycles. The summed E-state index contributed by atoms with van der Waals surface area (Å²) in [6, 6.07) is 13.3. The highest BCUT2D eigenvalue weighted by Gasteiger charge is 2.19. The van der Waals surface area contributed by atoms with Crippen LogP contribution in [0.1, 0.15) is 13.0 Å². The van der Waals surface area contributed by atoms with Gasteiger partial charge in [-0.3, -0.25) is 24.3 Å². The minimum Gasteiger partial charge on any atom is -0.324 e. The van der Waals surface area contributed by atoms with Crippen LogP contribution in [-0.4, -0.2) is 15.4 Å². The van der Waals surface area contributed by atoms with E-state index < -0.39 is 11.0 Å². The maximum Gasteiger partial charge on any atom is 0.270 e. The number of carbonyl (C=O) groups excluding carboxylic acids is 1. The molecule has 3 aromatic rings. The van der Waals surface area contributed by atoms with E-state index in [0.717, 1.165) is 4.47 Å². The van der Waals surface area contributed by atoms with Gasteiger partial charge < -0.3 is 5.32 Å². The van der Waals surface area contributed by atoms with Crippen molar-refractivity contribution in [2.75, 3.05) is 5.32 Å². The molecule has 0 saturated heterocycles. The third-order valence-electron chi connectivity index (χ3n) is 4.00. The number of nitro benzene ring substituents is 1. The van der Waals surface area contributed by atoms with Gasteiger partial charge in [-0.15, -0.1) is 0 Å². The summed E-state index contributed by atoms with van der Waals surface area (Å²) in [5.41, 5.74) is 0.634. The van der Waals surface area contributed by atoms with Gasteiger partial charge in [0.05, 0.1) is 10.4 Å². The molecule has 7 nitrogen and oxygen atoms in total. The number of nitrogens with one attached hydrogen (secondary N) is 1. The number of pyridine rings is 1.